The number of likely N-dealkylation sites (tertiary alicyclic amines) is 1. The van der Waals surface area contributed by atoms with Gasteiger partial charge in [-0.2, -0.15) is 0 Å². The van der Waals surface area contributed by atoms with Crippen LogP contribution in [0.3, 0.4) is 0 Å². The van der Waals surface area contributed by atoms with E-state index in [0.717, 1.165) is 36.4 Å². The molecule has 1 atom stereocenters. The molecule has 6 nitrogen and oxygen atoms in total. The number of aliphatic carboxylic acids is 1. The van der Waals surface area contributed by atoms with Crippen molar-refractivity contribution in [1.82, 2.24) is 14.3 Å². The van der Waals surface area contributed by atoms with Crippen LogP contribution in [0.25, 0.3) is 5.65 Å². The molecule has 6 heteroatoms. The first-order chi connectivity index (χ1) is 11.3. The summed E-state index contributed by atoms with van der Waals surface area (Å²) in [5.41, 5.74) is 9.62. The van der Waals surface area contributed by atoms with Crippen LogP contribution in [0.4, 0.5) is 5.69 Å². The highest BCUT2D eigenvalue weighted by molar-refractivity contribution is 5.70. The number of piperidine rings is 1. The van der Waals surface area contributed by atoms with Gasteiger partial charge in [-0.1, -0.05) is 20.8 Å². The van der Waals surface area contributed by atoms with E-state index in [1.165, 1.54) is 0 Å². The molecule has 2 aromatic rings. The molecule has 0 spiro atoms. The first kappa shape index (κ1) is 16.8. The van der Waals surface area contributed by atoms with E-state index in [0.29, 0.717) is 18.8 Å². The topological polar surface area (TPSA) is 83.9 Å². The molecule has 1 aliphatic rings. The summed E-state index contributed by atoms with van der Waals surface area (Å²) in [6.07, 6.45) is 3.59. The summed E-state index contributed by atoms with van der Waals surface area (Å²) in [5, 5.41) is 9.31. The van der Waals surface area contributed by atoms with Crippen molar-refractivity contribution in [2.75, 3.05) is 18.8 Å². The molecule has 0 radical (unpaired) electrons. The van der Waals surface area contributed by atoms with Gasteiger partial charge in [0.25, 0.3) is 0 Å². The zero-order valence-corrected chi connectivity index (χ0v) is 14.6. The van der Waals surface area contributed by atoms with Crippen molar-refractivity contribution in [3.05, 3.63) is 29.7 Å². The predicted octanol–water partition coefficient (Wildman–Crippen LogP) is 2.51. The van der Waals surface area contributed by atoms with Gasteiger partial charge < -0.3 is 15.2 Å². The van der Waals surface area contributed by atoms with Gasteiger partial charge >= 0.3 is 5.97 Å². The van der Waals surface area contributed by atoms with Crippen LogP contribution in [-0.2, 0) is 16.8 Å². The normalized spacial score (nSPS) is 19.7. The number of hydrogen-bond donors (Lipinski definition) is 2. The van der Waals surface area contributed by atoms with Crippen LogP contribution in [0.5, 0.6) is 0 Å². The van der Waals surface area contributed by atoms with Gasteiger partial charge in [0.1, 0.15) is 5.65 Å². The second-order valence-corrected chi connectivity index (χ2v) is 7.76. The van der Waals surface area contributed by atoms with Crippen LogP contribution in [-0.4, -0.2) is 38.4 Å². The van der Waals surface area contributed by atoms with Crippen molar-refractivity contribution < 1.29 is 9.90 Å². The lowest BCUT2D eigenvalue weighted by molar-refractivity contribution is -0.143. The Morgan fingerprint density at radius 3 is 2.83 bits per heavy atom. The number of aromatic nitrogens is 2. The van der Waals surface area contributed by atoms with E-state index in [-0.39, 0.29) is 11.3 Å². The zero-order chi connectivity index (χ0) is 17.5. The lowest BCUT2D eigenvalue weighted by Gasteiger charge is -2.31. The summed E-state index contributed by atoms with van der Waals surface area (Å²) in [5.74, 6) is -0.973. The third-order valence-corrected chi connectivity index (χ3v) is 4.68. The van der Waals surface area contributed by atoms with E-state index in [1.807, 2.05) is 18.3 Å². The Morgan fingerprint density at radius 2 is 2.17 bits per heavy atom. The number of nitrogens with zero attached hydrogens (tertiary/aromatic N) is 3. The Labute approximate surface area is 142 Å². The van der Waals surface area contributed by atoms with E-state index in [9.17, 15) is 9.90 Å². The number of carbonyl (C=O) groups is 1. The molecule has 3 N–H and O–H groups in total. The highest BCUT2D eigenvalue weighted by Gasteiger charge is 2.29. The maximum Gasteiger partial charge on any atom is 0.307 e. The number of hydrogen-bond acceptors (Lipinski definition) is 4. The van der Waals surface area contributed by atoms with Gasteiger partial charge in [0.05, 0.1) is 17.3 Å². The minimum absolute atomic E-state index is 0.0852. The van der Waals surface area contributed by atoms with Crippen LogP contribution in [0.15, 0.2) is 18.3 Å². The lowest BCUT2D eigenvalue weighted by Crippen LogP contribution is -2.38. The van der Waals surface area contributed by atoms with Crippen LogP contribution in [0.1, 0.15) is 45.0 Å². The van der Waals surface area contributed by atoms with E-state index in [1.54, 1.807) is 0 Å². The molecule has 2 aromatic heterocycles. The van der Waals surface area contributed by atoms with E-state index >= 15 is 0 Å². The molecule has 1 aliphatic heterocycles. The van der Waals surface area contributed by atoms with Crippen molar-refractivity contribution in [3.63, 3.8) is 0 Å². The van der Waals surface area contributed by atoms with Gasteiger partial charge in [0.15, 0.2) is 0 Å². The SMILES string of the molecule is CC(C)(C)c1nc2ccc(N)cn2c1CN1CCCC(C(=O)O)C1. The van der Waals surface area contributed by atoms with Crippen LogP contribution in [0.2, 0.25) is 0 Å². The number of nitrogens with two attached hydrogens (primary N) is 1. The number of carboxylic acids is 1. The average molecular weight is 330 g/mol. The predicted molar refractivity (Wildman–Crippen MR) is 93.9 cm³/mol. The van der Waals surface area contributed by atoms with Gasteiger partial charge in [0, 0.05) is 30.4 Å². The Balaban J connectivity index is 1.98. The first-order valence-electron chi connectivity index (χ1n) is 8.48. The summed E-state index contributed by atoms with van der Waals surface area (Å²) in [4.78, 5) is 18.4. The molecular formula is C18H26N4O2. The maximum absolute atomic E-state index is 11.3. The summed E-state index contributed by atoms with van der Waals surface area (Å²) in [6, 6.07) is 3.80. The largest absolute Gasteiger partial charge is 0.481 e. The van der Waals surface area contributed by atoms with E-state index < -0.39 is 5.97 Å². The van der Waals surface area contributed by atoms with Crippen molar-refractivity contribution in [1.29, 1.82) is 0 Å². The minimum atomic E-state index is -0.696. The Bertz CT molecular complexity index is 760. The maximum atomic E-state index is 11.3. The van der Waals surface area contributed by atoms with Crippen molar-refractivity contribution >= 4 is 17.3 Å². The summed E-state index contributed by atoms with van der Waals surface area (Å²) in [6.45, 7) is 8.66. The van der Waals surface area contributed by atoms with Crippen molar-refractivity contribution in [3.8, 4) is 0 Å². The molecule has 3 rings (SSSR count). The molecule has 1 saturated heterocycles. The molecule has 130 valence electrons. The molecule has 24 heavy (non-hydrogen) atoms. The third kappa shape index (κ3) is 3.24. The standard InChI is InChI=1S/C18H26N4O2/c1-18(2,3)16-14(22-10-13(19)6-7-15(22)20-16)11-21-8-4-5-12(9-21)17(23)24/h6-7,10,12H,4-5,8-9,11,19H2,1-3H3,(H,23,24). The Morgan fingerprint density at radius 1 is 1.42 bits per heavy atom. The number of nitrogen functional groups attached to an aromatic ring is 1. The summed E-state index contributed by atoms with van der Waals surface area (Å²) >= 11 is 0. The summed E-state index contributed by atoms with van der Waals surface area (Å²) < 4.78 is 2.06. The fourth-order valence-corrected chi connectivity index (χ4v) is 3.47. The van der Waals surface area contributed by atoms with Crippen molar-refractivity contribution in [2.45, 2.75) is 45.6 Å². The molecule has 0 aliphatic carbocycles. The Hall–Kier alpha value is -2.08. The first-order valence-corrected chi connectivity index (χ1v) is 8.48. The fraction of sp³-hybridized carbons (Fsp3) is 0.556. The van der Waals surface area contributed by atoms with Gasteiger partial charge in [-0.15, -0.1) is 0 Å². The lowest BCUT2D eigenvalue weighted by atomic mass is 9.90. The number of carboxylic acid groups (broad SMARTS) is 1. The van der Waals surface area contributed by atoms with E-state index in [4.69, 9.17) is 10.7 Å². The van der Waals surface area contributed by atoms with Crippen LogP contribution in [0, 0.1) is 5.92 Å². The minimum Gasteiger partial charge on any atom is -0.481 e. The average Bonchev–Trinajstić information content (AvgIpc) is 2.86. The monoisotopic (exact) mass is 330 g/mol. The van der Waals surface area contributed by atoms with Gasteiger partial charge in [-0.25, -0.2) is 4.98 Å². The molecule has 1 fully saturated rings. The third-order valence-electron chi connectivity index (χ3n) is 4.68. The second kappa shape index (κ2) is 6.09. The number of rotatable bonds is 3. The van der Waals surface area contributed by atoms with Crippen LogP contribution >= 0.6 is 0 Å². The molecular weight excluding hydrogens is 304 g/mol. The molecule has 0 aromatic carbocycles. The van der Waals surface area contributed by atoms with E-state index in [2.05, 4.69) is 30.1 Å². The fourth-order valence-electron chi connectivity index (χ4n) is 3.47. The zero-order valence-electron chi connectivity index (χ0n) is 14.6. The second-order valence-electron chi connectivity index (χ2n) is 7.76. The van der Waals surface area contributed by atoms with Gasteiger partial charge in [-0.3, -0.25) is 9.69 Å². The number of fused-ring (bicyclic) bond motifs is 1. The highest BCUT2D eigenvalue weighted by Crippen LogP contribution is 2.29. The number of anilines is 1. The summed E-state index contributed by atoms with van der Waals surface area (Å²) in [7, 11) is 0. The highest BCUT2D eigenvalue weighted by atomic mass is 16.4. The van der Waals surface area contributed by atoms with Gasteiger partial charge in [0.2, 0.25) is 0 Å². The number of pyridine rings is 1. The smallest absolute Gasteiger partial charge is 0.307 e. The molecule has 0 saturated carbocycles. The molecule has 3 heterocycles. The molecule has 0 bridgehead atoms. The molecule has 0 amide bonds. The van der Waals surface area contributed by atoms with Gasteiger partial charge in [-0.05, 0) is 31.5 Å². The quantitative estimate of drug-likeness (QED) is 0.903. The Kier molecular flexibility index (Phi) is 4.25. The van der Waals surface area contributed by atoms with Crippen molar-refractivity contribution in [2.24, 2.45) is 5.92 Å². The number of imidazole rings is 1. The molecule has 1 unspecified atom stereocenters. The van der Waals surface area contributed by atoms with Crippen LogP contribution < -0.4 is 5.73 Å².